The second-order valence-electron chi connectivity index (χ2n) is 4.61. The van der Waals surface area contributed by atoms with Gasteiger partial charge in [-0.2, -0.15) is 4.72 Å². The number of hydrogen-bond acceptors (Lipinski definition) is 4. The molecule has 0 heterocycles. The summed E-state index contributed by atoms with van der Waals surface area (Å²) < 4.78 is 27.4. The van der Waals surface area contributed by atoms with E-state index in [4.69, 9.17) is 5.73 Å². The zero-order chi connectivity index (χ0) is 15.5. The normalized spacial score (nSPS) is 13.2. The highest BCUT2D eigenvalue weighted by Gasteiger charge is 2.22. The standard InChI is InChI=1S/C14H17N3O3S/c1-16-14(9-13(15)18)17-21(19,20)12-8-4-6-10-5-2-3-7-11(10)12/h2-8,14,16-17H,9H2,1H3,(H2,15,18). The van der Waals surface area contributed by atoms with Gasteiger partial charge in [-0.1, -0.05) is 36.4 Å². The molecule has 0 saturated carbocycles. The van der Waals surface area contributed by atoms with Gasteiger partial charge in [0.2, 0.25) is 15.9 Å². The van der Waals surface area contributed by atoms with Crippen LogP contribution in [0.3, 0.4) is 0 Å². The van der Waals surface area contributed by atoms with Crippen LogP contribution in [0.25, 0.3) is 10.8 Å². The second kappa shape index (κ2) is 6.21. The van der Waals surface area contributed by atoms with Crippen molar-refractivity contribution in [3.8, 4) is 0 Å². The molecule has 0 saturated heterocycles. The van der Waals surface area contributed by atoms with Gasteiger partial charge in [-0.05, 0) is 18.5 Å². The maximum Gasteiger partial charge on any atom is 0.242 e. The van der Waals surface area contributed by atoms with Gasteiger partial charge in [0.05, 0.1) is 17.5 Å². The number of carbonyl (C=O) groups excluding carboxylic acids is 1. The third-order valence-electron chi connectivity index (χ3n) is 3.09. The monoisotopic (exact) mass is 307 g/mol. The molecule has 1 atom stereocenters. The summed E-state index contributed by atoms with van der Waals surface area (Å²) in [6, 6.07) is 12.3. The van der Waals surface area contributed by atoms with E-state index in [1.807, 2.05) is 18.2 Å². The molecule has 0 aromatic heterocycles. The van der Waals surface area contributed by atoms with E-state index in [1.54, 1.807) is 25.2 Å². The largest absolute Gasteiger partial charge is 0.370 e. The summed E-state index contributed by atoms with van der Waals surface area (Å²) in [6.07, 6.45) is -0.869. The fourth-order valence-corrected chi connectivity index (χ4v) is 3.52. The molecule has 112 valence electrons. The van der Waals surface area contributed by atoms with Crippen molar-refractivity contribution in [2.75, 3.05) is 7.05 Å². The molecular weight excluding hydrogens is 290 g/mol. The summed E-state index contributed by atoms with van der Waals surface area (Å²) in [5.74, 6) is -0.588. The molecule has 2 rings (SSSR count). The van der Waals surface area contributed by atoms with Crippen LogP contribution in [0.1, 0.15) is 6.42 Å². The highest BCUT2D eigenvalue weighted by atomic mass is 32.2. The van der Waals surface area contributed by atoms with Gasteiger partial charge in [0.25, 0.3) is 0 Å². The number of carbonyl (C=O) groups is 1. The molecule has 2 aromatic rings. The number of benzene rings is 2. The van der Waals surface area contributed by atoms with Gasteiger partial charge < -0.3 is 11.1 Å². The minimum Gasteiger partial charge on any atom is -0.370 e. The van der Waals surface area contributed by atoms with Crippen LogP contribution in [0.15, 0.2) is 47.4 Å². The highest BCUT2D eigenvalue weighted by molar-refractivity contribution is 7.89. The molecule has 0 spiro atoms. The van der Waals surface area contributed by atoms with Crippen molar-refractivity contribution in [3.63, 3.8) is 0 Å². The van der Waals surface area contributed by atoms with Crippen LogP contribution < -0.4 is 15.8 Å². The van der Waals surface area contributed by atoms with Crippen LogP contribution in [-0.4, -0.2) is 27.5 Å². The van der Waals surface area contributed by atoms with Crippen LogP contribution in [0.4, 0.5) is 0 Å². The predicted molar refractivity (Wildman–Crippen MR) is 80.9 cm³/mol. The van der Waals surface area contributed by atoms with E-state index in [9.17, 15) is 13.2 Å². The zero-order valence-electron chi connectivity index (χ0n) is 11.5. The van der Waals surface area contributed by atoms with E-state index in [1.165, 1.54) is 6.07 Å². The van der Waals surface area contributed by atoms with Crippen molar-refractivity contribution in [2.45, 2.75) is 17.5 Å². The Balaban J connectivity index is 2.40. The number of nitrogens with two attached hydrogens (primary N) is 1. The van der Waals surface area contributed by atoms with E-state index in [0.717, 1.165) is 5.39 Å². The fraction of sp³-hybridized carbons (Fsp3) is 0.214. The lowest BCUT2D eigenvalue weighted by Gasteiger charge is -2.17. The SMILES string of the molecule is CNC(CC(N)=O)NS(=O)(=O)c1cccc2ccccc12. The molecule has 21 heavy (non-hydrogen) atoms. The molecule has 0 aliphatic rings. The Labute approximate surface area is 123 Å². The summed E-state index contributed by atoms with van der Waals surface area (Å²) in [5.41, 5.74) is 5.10. The van der Waals surface area contributed by atoms with Crippen molar-refractivity contribution in [2.24, 2.45) is 5.73 Å². The molecule has 0 aliphatic heterocycles. The average Bonchev–Trinajstić information content (AvgIpc) is 2.45. The Morgan fingerprint density at radius 1 is 1.19 bits per heavy atom. The summed E-state index contributed by atoms with van der Waals surface area (Å²) in [4.78, 5) is 11.1. The van der Waals surface area contributed by atoms with Crippen LogP contribution in [0, 0.1) is 0 Å². The summed E-state index contributed by atoms with van der Waals surface area (Å²) >= 11 is 0. The molecule has 1 amide bonds. The third-order valence-corrected chi connectivity index (χ3v) is 4.62. The smallest absolute Gasteiger partial charge is 0.242 e. The third kappa shape index (κ3) is 3.57. The Morgan fingerprint density at radius 3 is 2.52 bits per heavy atom. The van der Waals surface area contributed by atoms with E-state index in [0.29, 0.717) is 5.39 Å². The van der Waals surface area contributed by atoms with Gasteiger partial charge in [-0.3, -0.25) is 4.79 Å². The van der Waals surface area contributed by atoms with E-state index in [2.05, 4.69) is 10.0 Å². The van der Waals surface area contributed by atoms with Gasteiger partial charge in [-0.15, -0.1) is 0 Å². The summed E-state index contributed by atoms with van der Waals surface area (Å²) in [7, 11) is -2.21. The number of amides is 1. The van der Waals surface area contributed by atoms with Crippen molar-refractivity contribution >= 4 is 26.7 Å². The first kappa shape index (κ1) is 15.4. The summed E-state index contributed by atoms with van der Waals surface area (Å²) in [5, 5.41) is 4.17. The maximum absolute atomic E-state index is 12.5. The van der Waals surface area contributed by atoms with E-state index >= 15 is 0 Å². The minimum atomic E-state index is -3.76. The predicted octanol–water partition coefficient (Wildman–Crippen LogP) is 0.539. The van der Waals surface area contributed by atoms with Gasteiger partial charge >= 0.3 is 0 Å². The summed E-state index contributed by atoms with van der Waals surface area (Å²) in [6.45, 7) is 0. The van der Waals surface area contributed by atoms with Crippen LogP contribution in [-0.2, 0) is 14.8 Å². The van der Waals surface area contributed by atoms with E-state index < -0.39 is 22.1 Å². The van der Waals surface area contributed by atoms with E-state index in [-0.39, 0.29) is 11.3 Å². The Bertz CT molecular complexity index is 754. The number of sulfonamides is 1. The Hall–Kier alpha value is -1.96. The number of fused-ring (bicyclic) bond motifs is 1. The fourth-order valence-electron chi connectivity index (χ4n) is 2.08. The number of nitrogens with one attached hydrogen (secondary N) is 2. The molecule has 7 heteroatoms. The first-order valence-electron chi connectivity index (χ1n) is 6.39. The molecule has 6 nitrogen and oxygen atoms in total. The van der Waals surface area contributed by atoms with Crippen molar-refractivity contribution < 1.29 is 13.2 Å². The lowest BCUT2D eigenvalue weighted by molar-refractivity contribution is -0.118. The first-order valence-corrected chi connectivity index (χ1v) is 7.88. The molecule has 2 aromatic carbocycles. The topological polar surface area (TPSA) is 101 Å². The lowest BCUT2D eigenvalue weighted by Crippen LogP contribution is -2.45. The highest BCUT2D eigenvalue weighted by Crippen LogP contribution is 2.22. The van der Waals surface area contributed by atoms with Crippen LogP contribution in [0.2, 0.25) is 0 Å². The quantitative estimate of drug-likeness (QED) is 0.678. The number of hydrogen-bond donors (Lipinski definition) is 3. The molecule has 0 fully saturated rings. The maximum atomic E-state index is 12.5. The molecule has 4 N–H and O–H groups in total. The average molecular weight is 307 g/mol. The molecular formula is C14H17N3O3S. The van der Waals surface area contributed by atoms with Gasteiger partial charge in [0.15, 0.2) is 0 Å². The molecule has 1 unspecified atom stereocenters. The van der Waals surface area contributed by atoms with Gasteiger partial charge in [-0.25, -0.2) is 8.42 Å². The Kier molecular flexibility index (Phi) is 4.56. The zero-order valence-corrected chi connectivity index (χ0v) is 12.4. The van der Waals surface area contributed by atoms with Gasteiger partial charge in [0.1, 0.15) is 0 Å². The number of rotatable bonds is 6. The minimum absolute atomic E-state index is 0.125. The van der Waals surface area contributed by atoms with Gasteiger partial charge in [0, 0.05) is 5.39 Å². The van der Waals surface area contributed by atoms with Crippen LogP contribution >= 0.6 is 0 Å². The first-order chi connectivity index (χ1) is 9.94. The van der Waals surface area contributed by atoms with Crippen molar-refractivity contribution in [3.05, 3.63) is 42.5 Å². The number of primary amides is 1. The van der Waals surface area contributed by atoms with Crippen LogP contribution in [0.5, 0.6) is 0 Å². The molecule has 0 radical (unpaired) electrons. The lowest BCUT2D eigenvalue weighted by atomic mass is 10.1. The molecule has 0 bridgehead atoms. The van der Waals surface area contributed by atoms with Crippen molar-refractivity contribution in [1.29, 1.82) is 0 Å². The Morgan fingerprint density at radius 2 is 1.86 bits per heavy atom. The van der Waals surface area contributed by atoms with Crippen molar-refractivity contribution in [1.82, 2.24) is 10.0 Å². The molecule has 0 aliphatic carbocycles. The second-order valence-corrected chi connectivity index (χ2v) is 6.29.